The Morgan fingerprint density at radius 1 is 0.538 bits per heavy atom. The number of aliphatic hydroxyl groups excluding tert-OH is 1. The Hall–Kier alpha value is -10.6. The van der Waals surface area contributed by atoms with Crippen molar-refractivity contribution >= 4 is 99.2 Å². The minimum Gasteiger partial charge on any atom is -0.394 e. The van der Waals surface area contributed by atoms with Gasteiger partial charge in [0.15, 0.2) is 5.96 Å². The highest BCUT2D eigenvalue weighted by Crippen LogP contribution is 2.23. The van der Waals surface area contributed by atoms with Crippen molar-refractivity contribution in [2.24, 2.45) is 33.8 Å². The van der Waals surface area contributed by atoms with Crippen LogP contribution in [0, 0.1) is 5.92 Å². The van der Waals surface area contributed by atoms with Gasteiger partial charge in [-0.25, -0.2) is 0 Å². The number of hydrogen-bond donors (Lipinski definition) is 14. The minimum absolute atomic E-state index is 0.00132. The molecule has 0 saturated carbocycles. The fourth-order valence-corrected chi connectivity index (χ4v) is 12.6. The van der Waals surface area contributed by atoms with Crippen LogP contribution < -0.4 is 70.8 Å². The molecule has 2 aliphatic heterocycles. The van der Waals surface area contributed by atoms with E-state index in [9.17, 15) is 57.8 Å². The van der Waals surface area contributed by atoms with E-state index < -0.39 is 151 Å². The number of rotatable bonds is 39. The third-order valence-electron chi connectivity index (χ3n) is 18.2. The van der Waals surface area contributed by atoms with Crippen molar-refractivity contribution in [3.8, 4) is 0 Å². The molecule has 2 saturated heterocycles. The summed E-state index contributed by atoms with van der Waals surface area (Å²) < 4.78 is 5.52. The average molecular weight is 1480 g/mol. The number of carbonyl (C=O) groups excluding carboxylic acids is 12. The fraction of sp³-hybridized carbons (Fsp3) is 0.453. The van der Waals surface area contributed by atoms with Crippen LogP contribution in [0.5, 0.6) is 0 Å². The zero-order valence-corrected chi connectivity index (χ0v) is 60.9. The lowest BCUT2D eigenvalue weighted by atomic mass is 9.97. The molecule has 5 aromatic carbocycles. The number of halogens is 1. The van der Waals surface area contributed by atoms with E-state index in [0.29, 0.717) is 61.0 Å². The van der Waals surface area contributed by atoms with Crippen LogP contribution in [-0.4, -0.2) is 198 Å². The third kappa shape index (κ3) is 26.2. The van der Waals surface area contributed by atoms with Gasteiger partial charge in [-0.05, 0) is 102 Å². The van der Waals surface area contributed by atoms with Crippen LogP contribution in [0.25, 0.3) is 10.8 Å². The van der Waals surface area contributed by atoms with E-state index in [0.717, 1.165) is 21.9 Å². The Balaban J connectivity index is 1.14. The van der Waals surface area contributed by atoms with E-state index in [-0.39, 0.29) is 76.3 Å². The molecule has 7 rings (SSSR count). The lowest BCUT2D eigenvalue weighted by Gasteiger charge is -2.31. The second-order valence-corrected chi connectivity index (χ2v) is 27.5. The van der Waals surface area contributed by atoms with Crippen molar-refractivity contribution < 1.29 is 67.4 Å². The summed E-state index contributed by atoms with van der Waals surface area (Å²) in [6.07, 6.45) is -0.672. The highest BCUT2D eigenvalue weighted by Gasteiger charge is 2.40. The molecule has 570 valence electrons. The summed E-state index contributed by atoms with van der Waals surface area (Å²) in [6.45, 7) is 8.50. The zero-order chi connectivity index (χ0) is 77.0. The maximum atomic E-state index is 15.1. The SMILES string of the molecule is CC(=O)N[C@H](Cc1cccc2ccccc12)C(=O)N[C@H](Cc1ccc(Cl)cc1)C(=O)N[C@H](Cc1ccccc1)C(=O)N[C@@H](CO)C(=O)N[C@@H](CCC(N)=O)C(=O)N[C@H](Cc1ccc(CN2CCOCC2)cc1)C(=O)N[C@@H](CC(C)C)C(=O)N[C@@H](CCCN=C(N)N)C(=O)N1CCC[C@H]1C(=O)N[C@H](C)C(N)=O. The van der Waals surface area contributed by atoms with Gasteiger partial charge in [-0.3, -0.25) is 67.4 Å². The molecule has 0 unspecified atom stereocenters. The summed E-state index contributed by atoms with van der Waals surface area (Å²) in [7, 11) is 0. The number of benzene rings is 5. The number of nitrogens with two attached hydrogens (primary N) is 4. The fourth-order valence-electron chi connectivity index (χ4n) is 12.5. The smallest absolute Gasteiger partial charge is 0.245 e. The number of guanidine groups is 1. The second kappa shape index (κ2) is 41.2. The van der Waals surface area contributed by atoms with Gasteiger partial charge in [-0.1, -0.05) is 135 Å². The van der Waals surface area contributed by atoms with E-state index >= 15 is 4.79 Å². The van der Waals surface area contributed by atoms with Crippen molar-refractivity contribution in [1.82, 2.24) is 57.7 Å². The number of nitrogens with zero attached hydrogens (tertiary/aromatic N) is 3. The monoisotopic (exact) mass is 1480 g/mol. The molecule has 2 fully saturated rings. The highest BCUT2D eigenvalue weighted by atomic mass is 35.5. The first-order valence-corrected chi connectivity index (χ1v) is 35.9. The van der Waals surface area contributed by atoms with Gasteiger partial charge in [0.05, 0.1) is 19.8 Å². The minimum atomic E-state index is -1.85. The standard InChI is InChI=1S/C75H99ClN16O14/c1-44(2)37-57(67(98)85-56(19-11-31-81-75(79)80)74(105)92-32-12-20-63(92)73(104)82-45(3)65(78)96)86-68(99)59(39-48-21-23-50(24-22-48)42-91-33-35-106-36-34-91)87-66(97)55(29-30-64(77)95)84-72(103)62(43-93)90-70(101)58(38-47-13-6-5-7-14-47)88-69(100)60(40-49-25-27-53(76)28-26-49)89-71(102)61(83-46(4)94)41-52-17-10-16-51-15-8-9-18-54(51)52/h5-10,13-18,21-28,44-45,55-63,93H,11-12,19-20,29-43H2,1-4H3,(H2,77,95)(H2,78,96)(H,82,104)(H,83,94)(H,84,103)(H,85,98)(H,86,99)(H,87,97)(H,88,100)(H,89,102)(H,90,101)(H4,79,80,81)/t45-,55+,56+,57+,58-,59-,60-,61-,62+,63+/m1/s1. The van der Waals surface area contributed by atoms with E-state index in [2.05, 4.69) is 57.7 Å². The second-order valence-electron chi connectivity index (χ2n) is 27.0. The molecule has 18 N–H and O–H groups in total. The number of ether oxygens (including phenoxy) is 1. The molecule has 2 heterocycles. The number of primary amides is 2. The molecule has 30 nitrogen and oxygen atoms in total. The van der Waals surface area contributed by atoms with E-state index in [4.69, 9.17) is 39.3 Å². The van der Waals surface area contributed by atoms with Gasteiger partial charge in [0.25, 0.3) is 0 Å². The number of fused-ring (bicyclic) bond motifs is 1. The molecular formula is C75H99ClN16O14. The van der Waals surface area contributed by atoms with Crippen LogP contribution in [0.3, 0.4) is 0 Å². The molecule has 2 aliphatic rings. The summed E-state index contributed by atoms with van der Waals surface area (Å²) in [5.41, 5.74) is 25.5. The summed E-state index contributed by atoms with van der Waals surface area (Å²) in [5.74, 6) is -10.4. The normalized spacial score (nSPS) is 16.2. The largest absolute Gasteiger partial charge is 0.394 e. The molecule has 31 heteroatoms. The van der Waals surface area contributed by atoms with Crippen LogP contribution in [0.1, 0.15) is 100 Å². The molecular weight excluding hydrogens is 1380 g/mol. The number of aliphatic imine (C=N–C) groups is 1. The Kier molecular flexibility index (Phi) is 32.2. The van der Waals surface area contributed by atoms with Crippen molar-refractivity contribution in [2.75, 3.05) is 46.0 Å². The first kappa shape index (κ1) is 82.7. The van der Waals surface area contributed by atoms with Crippen molar-refractivity contribution in [3.05, 3.63) is 154 Å². The lowest BCUT2D eigenvalue weighted by molar-refractivity contribution is -0.142. The predicted molar refractivity (Wildman–Crippen MR) is 397 cm³/mol. The predicted octanol–water partition coefficient (Wildman–Crippen LogP) is -0.167. The quantitative estimate of drug-likeness (QED) is 0.0138. The van der Waals surface area contributed by atoms with Gasteiger partial charge < -0.3 is 85.5 Å². The summed E-state index contributed by atoms with van der Waals surface area (Å²) in [6, 6.07) is 21.4. The Labute approximate surface area is 620 Å². The number of hydrogen-bond acceptors (Lipinski definition) is 16. The maximum absolute atomic E-state index is 15.1. The summed E-state index contributed by atoms with van der Waals surface area (Å²) >= 11 is 6.25. The third-order valence-corrected chi connectivity index (χ3v) is 18.4. The Morgan fingerprint density at radius 3 is 1.59 bits per heavy atom. The van der Waals surface area contributed by atoms with Crippen molar-refractivity contribution in [3.63, 3.8) is 0 Å². The Bertz CT molecular complexity index is 3890. The van der Waals surface area contributed by atoms with Gasteiger partial charge in [0, 0.05) is 76.8 Å². The van der Waals surface area contributed by atoms with Crippen LogP contribution in [0.4, 0.5) is 0 Å². The van der Waals surface area contributed by atoms with Gasteiger partial charge in [-0.15, -0.1) is 0 Å². The number of likely N-dealkylation sites (tertiary alicyclic amines) is 1. The van der Waals surface area contributed by atoms with Gasteiger partial charge >= 0.3 is 0 Å². The molecule has 106 heavy (non-hydrogen) atoms. The van der Waals surface area contributed by atoms with E-state index in [1.54, 1.807) is 80.6 Å². The van der Waals surface area contributed by atoms with E-state index in [1.807, 2.05) is 54.6 Å². The number of aliphatic hydroxyl groups is 1. The molecule has 0 spiro atoms. The van der Waals surface area contributed by atoms with E-state index in [1.165, 1.54) is 18.7 Å². The van der Waals surface area contributed by atoms with Crippen molar-refractivity contribution in [1.29, 1.82) is 0 Å². The van der Waals surface area contributed by atoms with Crippen LogP contribution in [-0.2, 0) is 94.5 Å². The first-order valence-electron chi connectivity index (χ1n) is 35.5. The number of amides is 12. The first-order chi connectivity index (χ1) is 50.6. The molecule has 12 amide bonds. The lowest BCUT2D eigenvalue weighted by Crippen LogP contribution is -2.61. The van der Waals surface area contributed by atoms with Crippen LogP contribution in [0.15, 0.2) is 126 Å². The van der Waals surface area contributed by atoms with Gasteiger partial charge in [0.1, 0.15) is 60.4 Å². The zero-order valence-electron chi connectivity index (χ0n) is 60.1. The van der Waals surface area contributed by atoms with Gasteiger partial charge in [-0.2, -0.15) is 0 Å². The van der Waals surface area contributed by atoms with Crippen molar-refractivity contribution in [2.45, 2.75) is 165 Å². The average Bonchev–Trinajstić information content (AvgIpc) is 1.67. The van der Waals surface area contributed by atoms with Crippen LogP contribution in [0.2, 0.25) is 5.02 Å². The maximum Gasteiger partial charge on any atom is 0.245 e. The molecule has 10 atom stereocenters. The molecule has 5 aromatic rings. The summed E-state index contributed by atoms with van der Waals surface area (Å²) in [5, 5.41) is 37.1. The van der Waals surface area contributed by atoms with Crippen LogP contribution >= 0.6 is 11.6 Å². The highest BCUT2D eigenvalue weighted by molar-refractivity contribution is 6.30. The molecule has 0 aromatic heterocycles. The molecule has 0 radical (unpaired) electrons. The number of carbonyl (C=O) groups is 12. The topological polar surface area (TPSA) is 465 Å². The Morgan fingerprint density at radius 2 is 1.03 bits per heavy atom. The molecule has 0 bridgehead atoms. The van der Waals surface area contributed by atoms with Gasteiger partial charge in [0.2, 0.25) is 70.9 Å². The number of morpholine rings is 1. The molecule has 0 aliphatic carbocycles. The summed E-state index contributed by atoms with van der Waals surface area (Å²) in [4.78, 5) is 176. The number of nitrogens with one attached hydrogen (secondary N) is 9.